The number of aryl methyl sites for hydroxylation is 3. The summed E-state index contributed by atoms with van der Waals surface area (Å²) in [4.78, 5) is 22.2. The van der Waals surface area contributed by atoms with E-state index in [4.69, 9.17) is 9.72 Å². The number of aromatic amines is 1. The molecule has 0 bridgehead atoms. The van der Waals surface area contributed by atoms with Crippen molar-refractivity contribution < 1.29 is 4.74 Å². The van der Waals surface area contributed by atoms with E-state index in [-0.39, 0.29) is 5.56 Å². The van der Waals surface area contributed by atoms with Crippen molar-refractivity contribution in [1.29, 1.82) is 0 Å². The van der Waals surface area contributed by atoms with Gasteiger partial charge in [0.2, 0.25) is 0 Å². The van der Waals surface area contributed by atoms with E-state index in [0.29, 0.717) is 17.0 Å². The average molecular weight is 490 g/mol. The summed E-state index contributed by atoms with van der Waals surface area (Å²) in [5.41, 5.74) is 3.97. The van der Waals surface area contributed by atoms with Crippen LogP contribution in [0, 0.1) is 20.8 Å². The summed E-state index contributed by atoms with van der Waals surface area (Å²) in [6.07, 6.45) is 0. The number of nitrogens with zero attached hydrogens (tertiary/aromatic N) is 4. The summed E-state index contributed by atoms with van der Waals surface area (Å²) in [5, 5.41) is 10.4. The van der Waals surface area contributed by atoms with Gasteiger partial charge in [-0.25, -0.2) is 4.98 Å². The lowest BCUT2D eigenvalue weighted by Gasteiger charge is -2.11. The summed E-state index contributed by atoms with van der Waals surface area (Å²) in [6, 6.07) is 16.0. The number of benzene rings is 2. The van der Waals surface area contributed by atoms with Crippen LogP contribution in [0.2, 0.25) is 0 Å². The predicted octanol–water partition coefficient (Wildman–Crippen LogP) is 5.46. The lowest BCUT2D eigenvalue weighted by atomic mass is 10.2. The molecule has 9 heteroatoms. The molecule has 0 aliphatic heterocycles. The first kappa shape index (κ1) is 22.4. The smallest absolute Gasteiger partial charge is 0.259 e. The first-order valence-electron chi connectivity index (χ1n) is 10.7. The van der Waals surface area contributed by atoms with Gasteiger partial charge in [0.05, 0.1) is 18.2 Å². The van der Waals surface area contributed by atoms with Gasteiger partial charge in [-0.1, -0.05) is 29.5 Å². The summed E-state index contributed by atoms with van der Waals surface area (Å²) in [6.45, 7) is 6.03. The molecule has 3 heterocycles. The summed E-state index contributed by atoms with van der Waals surface area (Å²) in [7, 11) is 1.65. The van der Waals surface area contributed by atoms with Crippen molar-refractivity contribution in [3.05, 3.63) is 80.7 Å². The lowest BCUT2D eigenvalue weighted by Crippen LogP contribution is -2.11. The number of fused-ring (bicyclic) bond motifs is 1. The van der Waals surface area contributed by atoms with E-state index in [2.05, 4.69) is 46.4 Å². The van der Waals surface area contributed by atoms with E-state index in [1.807, 2.05) is 42.7 Å². The average Bonchev–Trinajstić information content (AvgIpc) is 3.39. The first-order chi connectivity index (χ1) is 16.4. The fraction of sp³-hybridized carbons (Fsp3) is 0.200. The SMILES string of the molecule is COc1ccc(-c2nnc(SCc3nc4sc(C)c(C)c4c(=O)[nH]3)n2-c2ccc(C)cc2)cc1. The summed E-state index contributed by atoms with van der Waals surface area (Å²) < 4.78 is 7.32. The van der Waals surface area contributed by atoms with Crippen molar-refractivity contribution in [3.8, 4) is 22.8 Å². The van der Waals surface area contributed by atoms with Crippen LogP contribution >= 0.6 is 23.1 Å². The largest absolute Gasteiger partial charge is 0.497 e. The van der Waals surface area contributed by atoms with Gasteiger partial charge in [-0.2, -0.15) is 0 Å². The second kappa shape index (κ2) is 9.08. The summed E-state index contributed by atoms with van der Waals surface area (Å²) >= 11 is 3.04. The molecule has 0 atom stereocenters. The molecule has 0 saturated heterocycles. The molecule has 0 aliphatic rings. The van der Waals surface area contributed by atoms with Crippen LogP contribution in [-0.2, 0) is 5.75 Å². The zero-order valence-electron chi connectivity index (χ0n) is 19.2. The maximum absolute atomic E-state index is 12.7. The minimum Gasteiger partial charge on any atom is -0.497 e. The lowest BCUT2D eigenvalue weighted by molar-refractivity contribution is 0.415. The van der Waals surface area contributed by atoms with Gasteiger partial charge in [-0.05, 0) is 62.7 Å². The Hall–Kier alpha value is -3.43. The Balaban J connectivity index is 1.52. The molecular weight excluding hydrogens is 466 g/mol. The van der Waals surface area contributed by atoms with Gasteiger partial charge >= 0.3 is 0 Å². The van der Waals surface area contributed by atoms with Gasteiger partial charge in [0, 0.05) is 16.1 Å². The molecule has 0 saturated carbocycles. The molecule has 1 N–H and O–H groups in total. The third-order valence-corrected chi connectivity index (χ3v) is 7.74. The van der Waals surface area contributed by atoms with Gasteiger partial charge in [0.1, 0.15) is 16.4 Å². The molecule has 5 rings (SSSR count). The third-order valence-electron chi connectivity index (χ3n) is 5.70. The Morgan fingerprint density at radius 1 is 1.03 bits per heavy atom. The number of nitrogens with one attached hydrogen (secondary N) is 1. The standard InChI is InChI=1S/C25H23N5O2S2/c1-14-5-9-18(10-6-14)30-22(17-7-11-19(32-4)12-8-17)28-29-25(30)33-13-20-26-23(31)21-15(2)16(3)34-24(21)27-20/h5-12H,13H2,1-4H3,(H,26,27,31). The van der Waals surface area contributed by atoms with Crippen LogP contribution in [0.5, 0.6) is 5.75 Å². The molecule has 0 radical (unpaired) electrons. The Morgan fingerprint density at radius 3 is 2.47 bits per heavy atom. The number of hydrogen-bond acceptors (Lipinski definition) is 7. The molecule has 0 unspecified atom stereocenters. The first-order valence-corrected chi connectivity index (χ1v) is 12.5. The van der Waals surface area contributed by atoms with E-state index in [1.165, 1.54) is 17.3 Å². The van der Waals surface area contributed by atoms with Crippen LogP contribution in [0.1, 0.15) is 21.8 Å². The van der Waals surface area contributed by atoms with Crippen LogP contribution in [0.4, 0.5) is 0 Å². The van der Waals surface area contributed by atoms with Crippen LogP contribution in [0.15, 0.2) is 58.5 Å². The molecule has 2 aromatic carbocycles. The Labute approximate surface area is 204 Å². The van der Waals surface area contributed by atoms with Crippen molar-refractivity contribution in [2.75, 3.05) is 7.11 Å². The Kier molecular flexibility index (Phi) is 5.97. The Morgan fingerprint density at radius 2 is 1.76 bits per heavy atom. The van der Waals surface area contributed by atoms with Crippen LogP contribution in [-0.4, -0.2) is 31.8 Å². The van der Waals surface area contributed by atoms with Crippen LogP contribution < -0.4 is 10.3 Å². The molecule has 0 aliphatic carbocycles. The quantitative estimate of drug-likeness (QED) is 0.319. The number of methoxy groups -OCH3 is 1. The number of rotatable bonds is 6. The number of thioether (sulfide) groups is 1. The van der Waals surface area contributed by atoms with Gasteiger partial charge in [-0.15, -0.1) is 21.5 Å². The predicted molar refractivity (Wildman–Crippen MR) is 137 cm³/mol. The van der Waals surface area contributed by atoms with Crippen molar-refractivity contribution in [2.45, 2.75) is 31.7 Å². The number of aromatic nitrogens is 5. The van der Waals surface area contributed by atoms with Crippen molar-refractivity contribution in [1.82, 2.24) is 24.7 Å². The number of H-pyrrole nitrogens is 1. The van der Waals surface area contributed by atoms with Crippen molar-refractivity contribution >= 4 is 33.3 Å². The molecule has 5 aromatic rings. The number of hydrogen-bond donors (Lipinski definition) is 1. The fourth-order valence-corrected chi connectivity index (χ4v) is 5.59. The van der Waals surface area contributed by atoms with E-state index >= 15 is 0 Å². The van der Waals surface area contributed by atoms with Crippen molar-refractivity contribution in [3.63, 3.8) is 0 Å². The van der Waals surface area contributed by atoms with Crippen LogP contribution in [0.25, 0.3) is 27.3 Å². The molecular formula is C25H23N5O2S2. The monoisotopic (exact) mass is 489 g/mol. The molecule has 0 spiro atoms. The van der Waals surface area contributed by atoms with Crippen LogP contribution in [0.3, 0.4) is 0 Å². The van der Waals surface area contributed by atoms with Gasteiger partial charge < -0.3 is 9.72 Å². The molecule has 3 aromatic heterocycles. The highest BCUT2D eigenvalue weighted by Crippen LogP contribution is 2.31. The van der Waals surface area contributed by atoms with E-state index in [0.717, 1.165) is 43.3 Å². The normalized spacial score (nSPS) is 11.3. The Bertz CT molecular complexity index is 1530. The van der Waals surface area contributed by atoms with E-state index < -0.39 is 0 Å². The maximum Gasteiger partial charge on any atom is 0.259 e. The highest BCUT2D eigenvalue weighted by atomic mass is 32.2. The van der Waals surface area contributed by atoms with Crippen molar-refractivity contribution in [2.24, 2.45) is 0 Å². The second-order valence-corrected chi connectivity index (χ2v) is 10.1. The molecule has 7 nitrogen and oxygen atoms in total. The number of thiophene rings is 1. The maximum atomic E-state index is 12.7. The minimum absolute atomic E-state index is 0.0960. The highest BCUT2D eigenvalue weighted by Gasteiger charge is 2.18. The molecule has 172 valence electrons. The minimum atomic E-state index is -0.0960. The number of ether oxygens (including phenoxy) is 1. The topological polar surface area (TPSA) is 85.7 Å². The fourth-order valence-electron chi connectivity index (χ4n) is 3.72. The zero-order chi connectivity index (χ0) is 23.8. The third kappa shape index (κ3) is 4.12. The van der Waals surface area contributed by atoms with Gasteiger partial charge in [-0.3, -0.25) is 9.36 Å². The highest BCUT2D eigenvalue weighted by molar-refractivity contribution is 7.98. The van der Waals surface area contributed by atoms with E-state index in [9.17, 15) is 4.79 Å². The van der Waals surface area contributed by atoms with E-state index in [1.54, 1.807) is 18.4 Å². The van der Waals surface area contributed by atoms with Gasteiger partial charge in [0.25, 0.3) is 5.56 Å². The molecule has 0 fully saturated rings. The summed E-state index contributed by atoms with van der Waals surface area (Å²) in [5.74, 6) is 2.60. The molecule has 34 heavy (non-hydrogen) atoms. The second-order valence-electron chi connectivity index (χ2n) is 7.97. The molecule has 0 amide bonds. The zero-order valence-corrected chi connectivity index (χ0v) is 20.9. The van der Waals surface area contributed by atoms with Gasteiger partial charge in [0.15, 0.2) is 11.0 Å².